The van der Waals surface area contributed by atoms with Gasteiger partial charge >= 0.3 is 12.1 Å². The van der Waals surface area contributed by atoms with Gasteiger partial charge in [0.25, 0.3) is 0 Å². The molecule has 2 rings (SSSR count). The summed E-state index contributed by atoms with van der Waals surface area (Å²) in [5, 5.41) is 14.5. The van der Waals surface area contributed by atoms with Crippen LogP contribution < -0.4 is 10.6 Å². The Morgan fingerprint density at radius 3 is 2.43 bits per heavy atom. The summed E-state index contributed by atoms with van der Waals surface area (Å²) in [6.45, 7) is 2.19. The highest BCUT2D eigenvalue weighted by Crippen LogP contribution is 2.16. The zero-order valence-corrected chi connectivity index (χ0v) is 11.9. The third-order valence-corrected chi connectivity index (χ3v) is 3.73. The number of hydrogen-bond donors (Lipinski definition) is 3. The first-order valence-electron chi connectivity index (χ1n) is 7.18. The van der Waals surface area contributed by atoms with Crippen LogP contribution in [0, 0.1) is 5.92 Å². The predicted octanol–water partition coefficient (Wildman–Crippen LogP) is 1.88. The van der Waals surface area contributed by atoms with Crippen molar-refractivity contribution in [1.82, 2.24) is 15.5 Å². The van der Waals surface area contributed by atoms with Crippen LogP contribution >= 0.6 is 0 Å². The Morgan fingerprint density at radius 1 is 1.14 bits per heavy atom. The molecule has 0 spiro atoms. The second kappa shape index (κ2) is 7.52. The van der Waals surface area contributed by atoms with Crippen LogP contribution in [0.2, 0.25) is 0 Å². The fraction of sp³-hybridized carbons (Fsp3) is 0.467. The second-order valence-corrected chi connectivity index (χ2v) is 5.26. The van der Waals surface area contributed by atoms with Crippen LogP contribution in [0.4, 0.5) is 9.59 Å². The summed E-state index contributed by atoms with van der Waals surface area (Å²) in [7, 11) is 0. The van der Waals surface area contributed by atoms with E-state index >= 15 is 0 Å². The predicted molar refractivity (Wildman–Crippen MR) is 79.0 cm³/mol. The molecule has 0 radical (unpaired) electrons. The maximum atomic E-state index is 11.7. The van der Waals surface area contributed by atoms with Crippen molar-refractivity contribution in [2.75, 3.05) is 19.6 Å². The number of hydrogen-bond acceptors (Lipinski definition) is 2. The number of nitrogens with zero attached hydrogens (tertiary/aromatic N) is 1. The Morgan fingerprint density at radius 2 is 1.81 bits per heavy atom. The van der Waals surface area contributed by atoms with Gasteiger partial charge in [-0.05, 0) is 24.3 Å². The molecule has 6 nitrogen and oxygen atoms in total. The van der Waals surface area contributed by atoms with E-state index in [1.807, 2.05) is 30.3 Å². The zero-order chi connectivity index (χ0) is 15.1. The molecule has 0 bridgehead atoms. The van der Waals surface area contributed by atoms with E-state index in [2.05, 4.69) is 10.6 Å². The molecule has 0 aliphatic carbocycles. The van der Waals surface area contributed by atoms with Crippen molar-refractivity contribution in [3.63, 3.8) is 0 Å². The van der Waals surface area contributed by atoms with Crippen LogP contribution in [-0.4, -0.2) is 41.8 Å². The SMILES string of the molecule is O=C(NCc1ccccc1)NCC1CCN(C(=O)O)CC1. The average molecular weight is 291 g/mol. The van der Waals surface area contributed by atoms with Crippen LogP contribution in [0.5, 0.6) is 0 Å². The maximum Gasteiger partial charge on any atom is 0.407 e. The minimum Gasteiger partial charge on any atom is -0.465 e. The molecule has 1 aromatic carbocycles. The monoisotopic (exact) mass is 291 g/mol. The molecule has 0 unspecified atom stereocenters. The molecule has 1 aromatic rings. The number of amides is 3. The van der Waals surface area contributed by atoms with Gasteiger partial charge in [-0.2, -0.15) is 0 Å². The quantitative estimate of drug-likeness (QED) is 0.792. The molecule has 3 amide bonds. The third kappa shape index (κ3) is 4.98. The van der Waals surface area contributed by atoms with Gasteiger partial charge in [0.15, 0.2) is 0 Å². The number of urea groups is 1. The van der Waals surface area contributed by atoms with Crippen molar-refractivity contribution in [1.29, 1.82) is 0 Å². The molecule has 1 saturated heterocycles. The molecule has 114 valence electrons. The summed E-state index contributed by atoms with van der Waals surface area (Å²) in [4.78, 5) is 23.9. The van der Waals surface area contributed by atoms with E-state index in [1.54, 1.807) is 0 Å². The molecule has 3 N–H and O–H groups in total. The van der Waals surface area contributed by atoms with Gasteiger partial charge in [-0.3, -0.25) is 0 Å². The van der Waals surface area contributed by atoms with E-state index in [1.165, 1.54) is 4.90 Å². The zero-order valence-electron chi connectivity index (χ0n) is 11.9. The smallest absolute Gasteiger partial charge is 0.407 e. The maximum absolute atomic E-state index is 11.7. The van der Waals surface area contributed by atoms with Crippen molar-refractivity contribution in [3.8, 4) is 0 Å². The molecule has 1 aliphatic rings. The van der Waals surface area contributed by atoms with Gasteiger partial charge in [-0.15, -0.1) is 0 Å². The van der Waals surface area contributed by atoms with Crippen molar-refractivity contribution in [2.24, 2.45) is 5.92 Å². The van der Waals surface area contributed by atoms with E-state index in [-0.39, 0.29) is 6.03 Å². The van der Waals surface area contributed by atoms with Crippen molar-refractivity contribution >= 4 is 12.1 Å². The molecular formula is C15H21N3O3. The fourth-order valence-corrected chi connectivity index (χ4v) is 2.41. The number of carbonyl (C=O) groups is 2. The summed E-state index contributed by atoms with van der Waals surface area (Å²) in [6.07, 6.45) is 0.735. The van der Waals surface area contributed by atoms with Gasteiger partial charge < -0.3 is 20.6 Å². The highest BCUT2D eigenvalue weighted by molar-refractivity contribution is 5.73. The Balaban J connectivity index is 1.62. The van der Waals surface area contributed by atoms with Gasteiger partial charge in [0.1, 0.15) is 0 Å². The molecule has 1 heterocycles. The molecule has 1 fully saturated rings. The van der Waals surface area contributed by atoms with Crippen LogP contribution in [-0.2, 0) is 6.54 Å². The number of benzene rings is 1. The molecule has 0 atom stereocenters. The lowest BCUT2D eigenvalue weighted by Gasteiger charge is -2.29. The second-order valence-electron chi connectivity index (χ2n) is 5.26. The van der Waals surface area contributed by atoms with Crippen molar-refractivity contribution in [3.05, 3.63) is 35.9 Å². The number of rotatable bonds is 4. The first-order chi connectivity index (χ1) is 10.1. The van der Waals surface area contributed by atoms with Gasteiger partial charge in [-0.1, -0.05) is 30.3 Å². The molecule has 0 aromatic heterocycles. The lowest BCUT2D eigenvalue weighted by molar-refractivity contribution is 0.124. The van der Waals surface area contributed by atoms with Gasteiger partial charge in [-0.25, -0.2) is 9.59 Å². The van der Waals surface area contributed by atoms with E-state index in [9.17, 15) is 9.59 Å². The van der Waals surface area contributed by atoms with Gasteiger partial charge in [0.05, 0.1) is 0 Å². The molecule has 1 aliphatic heterocycles. The lowest BCUT2D eigenvalue weighted by Crippen LogP contribution is -2.43. The Labute approximate surface area is 124 Å². The molecule has 21 heavy (non-hydrogen) atoms. The number of carboxylic acid groups (broad SMARTS) is 1. The summed E-state index contributed by atoms with van der Waals surface area (Å²) in [6, 6.07) is 9.55. The molecular weight excluding hydrogens is 270 g/mol. The average Bonchev–Trinajstić information content (AvgIpc) is 2.52. The molecule has 6 heteroatoms. The van der Waals surface area contributed by atoms with E-state index in [0.29, 0.717) is 32.1 Å². The van der Waals surface area contributed by atoms with Crippen LogP contribution in [0.15, 0.2) is 30.3 Å². The minimum atomic E-state index is -0.859. The van der Waals surface area contributed by atoms with E-state index in [0.717, 1.165) is 18.4 Å². The highest BCUT2D eigenvalue weighted by Gasteiger charge is 2.22. The summed E-state index contributed by atoms with van der Waals surface area (Å²) in [5.74, 6) is 0.350. The van der Waals surface area contributed by atoms with Crippen LogP contribution in [0.3, 0.4) is 0 Å². The van der Waals surface area contributed by atoms with Gasteiger partial charge in [0, 0.05) is 26.2 Å². The topological polar surface area (TPSA) is 81.7 Å². The number of carbonyl (C=O) groups excluding carboxylic acids is 1. The first kappa shape index (κ1) is 15.2. The third-order valence-electron chi connectivity index (χ3n) is 3.73. The standard InChI is InChI=1S/C15H21N3O3/c19-14(16-10-12-4-2-1-3-5-12)17-11-13-6-8-18(9-7-13)15(20)21/h1-5,13H,6-11H2,(H,20,21)(H2,16,17,19). The number of nitrogens with one attached hydrogen (secondary N) is 2. The first-order valence-corrected chi connectivity index (χ1v) is 7.18. The van der Waals surface area contributed by atoms with Crippen molar-refractivity contribution < 1.29 is 14.7 Å². The van der Waals surface area contributed by atoms with Crippen LogP contribution in [0.25, 0.3) is 0 Å². The van der Waals surface area contributed by atoms with Crippen LogP contribution in [0.1, 0.15) is 18.4 Å². The lowest BCUT2D eigenvalue weighted by atomic mass is 9.97. The summed E-state index contributed by atoms with van der Waals surface area (Å²) < 4.78 is 0. The largest absolute Gasteiger partial charge is 0.465 e. The molecule has 0 saturated carbocycles. The minimum absolute atomic E-state index is 0.181. The fourth-order valence-electron chi connectivity index (χ4n) is 2.41. The Hall–Kier alpha value is -2.24. The Kier molecular flexibility index (Phi) is 5.43. The summed E-state index contributed by atoms with van der Waals surface area (Å²) >= 11 is 0. The highest BCUT2D eigenvalue weighted by atomic mass is 16.4. The van der Waals surface area contributed by atoms with E-state index < -0.39 is 6.09 Å². The normalized spacial score (nSPS) is 15.5. The van der Waals surface area contributed by atoms with Crippen molar-refractivity contribution in [2.45, 2.75) is 19.4 Å². The van der Waals surface area contributed by atoms with E-state index in [4.69, 9.17) is 5.11 Å². The number of piperidine rings is 1. The number of likely N-dealkylation sites (tertiary alicyclic amines) is 1. The van der Waals surface area contributed by atoms with Gasteiger partial charge in [0.2, 0.25) is 0 Å². The summed E-state index contributed by atoms with van der Waals surface area (Å²) in [5.41, 5.74) is 1.06. The Bertz CT molecular complexity index is 470.